The van der Waals surface area contributed by atoms with Crippen molar-refractivity contribution in [2.24, 2.45) is 0 Å². The van der Waals surface area contributed by atoms with Gasteiger partial charge in [0.2, 0.25) is 0 Å². The minimum Gasteiger partial charge on any atom is -0.502 e. The van der Waals surface area contributed by atoms with Crippen LogP contribution >= 0.6 is 0 Å². The van der Waals surface area contributed by atoms with Crippen molar-refractivity contribution in [3.63, 3.8) is 0 Å². The van der Waals surface area contributed by atoms with Gasteiger partial charge in [-0.15, -0.1) is 0 Å². The SMILES string of the molecule is O=[N+]([O-])c1ccc(C2=c3ccc([nH]3)=C(c3ccc([N+](=O)[O-])c(O)c3)c3ccc([nH]3)C=c3ccc([nH]3)=Cc3ccc2[nH]3)cc1O. The first-order chi connectivity index (χ1) is 21.2. The number of nitro benzene ring substituents is 2. The summed E-state index contributed by atoms with van der Waals surface area (Å²) in [5.74, 6) is -0.945. The minimum atomic E-state index is -0.648. The Labute approximate surface area is 246 Å². The quantitative estimate of drug-likeness (QED) is 0.136. The van der Waals surface area contributed by atoms with Gasteiger partial charge in [-0.05, 0) is 96.1 Å². The topological polar surface area (TPSA) is 190 Å². The first-order valence-corrected chi connectivity index (χ1v) is 13.4. The van der Waals surface area contributed by atoms with Gasteiger partial charge in [-0.25, -0.2) is 0 Å². The van der Waals surface area contributed by atoms with E-state index in [1.54, 1.807) is 12.1 Å². The average molecular weight is 587 g/mol. The number of phenolic OH excluding ortho intramolecular Hbond substituents is 2. The number of aromatic nitrogens is 4. The van der Waals surface area contributed by atoms with Crippen LogP contribution in [0.2, 0.25) is 0 Å². The molecule has 0 radical (unpaired) electrons. The molecule has 0 atom stereocenters. The molecular weight excluding hydrogens is 564 g/mol. The largest absolute Gasteiger partial charge is 0.502 e. The number of benzene rings is 2. The molecule has 0 unspecified atom stereocenters. The fraction of sp³-hybridized carbons (Fsp3) is 0. The van der Waals surface area contributed by atoms with Crippen molar-refractivity contribution in [1.82, 2.24) is 19.9 Å². The molecule has 216 valence electrons. The lowest BCUT2D eigenvalue weighted by Crippen LogP contribution is -2.17. The summed E-state index contributed by atoms with van der Waals surface area (Å²) in [6.07, 6.45) is 3.90. The molecule has 1 aliphatic heterocycles. The van der Waals surface area contributed by atoms with E-state index in [0.717, 1.165) is 22.1 Å². The second-order valence-corrected chi connectivity index (χ2v) is 10.3. The summed E-state index contributed by atoms with van der Waals surface area (Å²) < 4.78 is 0. The predicted octanol–water partition coefficient (Wildman–Crippen LogP) is 2.69. The zero-order valence-corrected chi connectivity index (χ0v) is 22.7. The van der Waals surface area contributed by atoms with E-state index in [1.807, 2.05) is 60.7 Å². The summed E-state index contributed by atoms with van der Waals surface area (Å²) in [7, 11) is 0. The maximum Gasteiger partial charge on any atom is 0.310 e. The molecule has 12 heteroatoms. The number of H-pyrrole nitrogens is 4. The Hall–Kier alpha value is -6.56. The van der Waals surface area contributed by atoms with Gasteiger partial charge in [-0.2, -0.15) is 0 Å². The molecule has 0 saturated carbocycles. The molecule has 12 nitrogen and oxygen atoms in total. The number of hydrogen-bond donors (Lipinski definition) is 6. The summed E-state index contributed by atoms with van der Waals surface area (Å²) in [6.45, 7) is 0. The molecule has 1 aliphatic rings. The molecule has 0 saturated heterocycles. The van der Waals surface area contributed by atoms with E-state index in [2.05, 4.69) is 19.9 Å². The Kier molecular flexibility index (Phi) is 6.03. The molecule has 6 aromatic rings. The first kappa shape index (κ1) is 26.3. The van der Waals surface area contributed by atoms with E-state index < -0.39 is 32.7 Å². The Morgan fingerprint density at radius 3 is 1.39 bits per heavy atom. The van der Waals surface area contributed by atoms with Crippen molar-refractivity contribution in [3.05, 3.63) is 160 Å². The lowest BCUT2D eigenvalue weighted by atomic mass is 10.0. The van der Waals surface area contributed by atoms with Gasteiger partial charge >= 0.3 is 11.4 Å². The van der Waals surface area contributed by atoms with Crippen LogP contribution in [0, 0.1) is 20.2 Å². The van der Waals surface area contributed by atoms with E-state index in [4.69, 9.17) is 0 Å². The molecule has 0 spiro atoms. The highest BCUT2D eigenvalue weighted by molar-refractivity contribution is 5.81. The monoisotopic (exact) mass is 586 g/mol. The number of aromatic hydroxyl groups is 2. The fourth-order valence-corrected chi connectivity index (χ4v) is 5.48. The van der Waals surface area contributed by atoms with Crippen LogP contribution in [0.15, 0.2) is 84.9 Å². The molecule has 0 fully saturated rings. The Morgan fingerprint density at radius 1 is 0.523 bits per heavy atom. The Morgan fingerprint density at radius 2 is 0.977 bits per heavy atom. The lowest BCUT2D eigenvalue weighted by Gasteiger charge is -2.08. The molecule has 0 amide bonds. The number of nitro groups is 2. The fourth-order valence-electron chi connectivity index (χ4n) is 5.48. The number of fused-ring (bicyclic) bond motifs is 8. The average Bonchev–Trinajstić information content (AvgIpc) is 3.79. The van der Waals surface area contributed by atoms with Gasteiger partial charge in [0.15, 0.2) is 11.5 Å². The number of hydrogen-bond acceptors (Lipinski definition) is 6. The summed E-state index contributed by atoms with van der Waals surface area (Å²) >= 11 is 0. The molecule has 44 heavy (non-hydrogen) atoms. The van der Waals surface area contributed by atoms with Crippen LogP contribution in [-0.2, 0) is 0 Å². The van der Waals surface area contributed by atoms with Crippen molar-refractivity contribution >= 4 is 34.7 Å². The predicted molar refractivity (Wildman–Crippen MR) is 162 cm³/mol. The van der Waals surface area contributed by atoms with Gasteiger partial charge in [0, 0.05) is 67.5 Å². The normalized spacial score (nSPS) is 12.5. The third-order valence-corrected chi connectivity index (χ3v) is 7.46. The zero-order valence-electron chi connectivity index (χ0n) is 22.7. The maximum atomic E-state index is 11.4. The third-order valence-electron chi connectivity index (χ3n) is 7.46. The lowest BCUT2D eigenvalue weighted by molar-refractivity contribution is -0.386. The molecule has 8 bridgehead atoms. The van der Waals surface area contributed by atoms with Gasteiger partial charge < -0.3 is 30.1 Å². The highest BCUT2D eigenvalue weighted by atomic mass is 16.6. The second kappa shape index (κ2) is 10.1. The number of nitrogens with one attached hydrogen (secondary N) is 4. The van der Waals surface area contributed by atoms with Crippen molar-refractivity contribution in [2.45, 2.75) is 0 Å². The molecule has 7 rings (SSSR count). The van der Waals surface area contributed by atoms with Crippen LogP contribution in [0.3, 0.4) is 0 Å². The van der Waals surface area contributed by atoms with E-state index in [-0.39, 0.29) is 0 Å². The van der Waals surface area contributed by atoms with Crippen LogP contribution in [0.25, 0.3) is 23.3 Å². The highest BCUT2D eigenvalue weighted by Gasteiger charge is 2.19. The number of rotatable bonds is 4. The summed E-state index contributed by atoms with van der Waals surface area (Å²) in [4.78, 5) is 35.1. The smallest absolute Gasteiger partial charge is 0.310 e. The van der Waals surface area contributed by atoms with Gasteiger partial charge in [-0.1, -0.05) is 0 Å². The van der Waals surface area contributed by atoms with Crippen molar-refractivity contribution < 1.29 is 20.1 Å². The summed E-state index contributed by atoms with van der Waals surface area (Å²) in [5, 5.41) is 46.7. The van der Waals surface area contributed by atoms with Crippen molar-refractivity contribution in [3.8, 4) is 11.5 Å². The van der Waals surface area contributed by atoms with Crippen molar-refractivity contribution in [1.29, 1.82) is 0 Å². The van der Waals surface area contributed by atoms with Gasteiger partial charge in [0.25, 0.3) is 0 Å². The second-order valence-electron chi connectivity index (χ2n) is 10.3. The van der Waals surface area contributed by atoms with Crippen LogP contribution in [0.5, 0.6) is 11.5 Å². The van der Waals surface area contributed by atoms with E-state index in [9.17, 15) is 30.4 Å². The summed E-state index contributed by atoms with van der Waals surface area (Å²) in [5.41, 5.74) is 4.43. The maximum absolute atomic E-state index is 11.4. The van der Waals surface area contributed by atoms with E-state index in [1.165, 1.54) is 24.3 Å². The summed E-state index contributed by atoms with van der Waals surface area (Å²) in [6, 6.07) is 23.5. The van der Waals surface area contributed by atoms with Crippen LogP contribution in [0.1, 0.15) is 33.9 Å². The molecular formula is C32H22N6O6. The van der Waals surface area contributed by atoms with Crippen LogP contribution in [0.4, 0.5) is 11.4 Å². The number of nitrogens with zero attached hydrogens (tertiary/aromatic N) is 2. The van der Waals surface area contributed by atoms with E-state index >= 15 is 0 Å². The standard InChI is InChI=1S/C32H22N6O6/c39-29-13-17(1-11-27(29)37(41)42)31-23-7-5-21(34-23)15-19-3-4-20(33-19)16-22-6-8-24(35-22)32(26-10-9-25(31)36-26)18-2-12-28(38(43)44)30(40)14-18/h1-16,33-36,39-40H. The zero-order chi connectivity index (χ0) is 30.5. The molecule has 6 N–H and O–H groups in total. The third kappa shape index (κ3) is 4.61. The van der Waals surface area contributed by atoms with Gasteiger partial charge in [-0.3, -0.25) is 20.2 Å². The van der Waals surface area contributed by atoms with Crippen LogP contribution < -0.4 is 21.4 Å². The van der Waals surface area contributed by atoms with Crippen molar-refractivity contribution in [2.75, 3.05) is 0 Å². The van der Waals surface area contributed by atoms with Gasteiger partial charge in [0.05, 0.1) is 9.85 Å². The number of phenols is 2. The molecule has 5 heterocycles. The minimum absolute atomic E-state index is 0.411. The molecule has 0 aliphatic carbocycles. The van der Waals surface area contributed by atoms with E-state index in [0.29, 0.717) is 44.4 Å². The van der Waals surface area contributed by atoms with Crippen LogP contribution in [-0.4, -0.2) is 40.0 Å². The number of aromatic amines is 4. The molecule has 4 aromatic heterocycles. The Bertz CT molecular complexity index is 2230. The van der Waals surface area contributed by atoms with Gasteiger partial charge in [0.1, 0.15) is 0 Å². The highest BCUT2D eigenvalue weighted by Crippen LogP contribution is 2.32. The molecule has 2 aromatic carbocycles. The first-order valence-electron chi connectivity index (χ1n) is 13.4. The Balaban J connectivity index is 1.57.